The molecule has 0 bridgehead atoms. The zero-order chi connectivity index (χ0) is 29.2. The molecule has 0 unspecified atom stereocenters. The van der Waals surface area contributed by atoms with Crippen LogP contribution in [0.25, 0.3) is 33.2 Å². The number of hydrogen-bond donors (Lipinski definition) is 4. The smallest absolute Gasteiger partial charge is 0.312 e. The van der Waals surface area contributed by atoms with Crippen LogP contribution in [0.15, 0.2) is 68.6 Å². The van der Waals surface area contributed by atoms with Crippen LogP contribution >= 0.6 is 0 Å². The van der Waals surface area contributed by atoms with Crippen molar-refractivity contribution in [2.24, 2.45) is 5.92 Å². The Labute approximate surface area is 231 Å². The molecule has 0 saturated heterocycles. The summed E-state index contributed by atoms with van der Waals surface area (Å²) in [5, 5.41) is 41.6. The van der Waals surface area contributed by atoms with E-state index in [1.165, 1.54) is 6.07 Å². The van der Waals surface area contributed by atoms with Crippen LogP contribution in [-0.4, -0.2) is 31.0 Å². The van der Waals surface area contributed by atoms with Crippen LogP contribution in [0.4, 0.5) is 0 Å². The molecule has 2 aromatic heterocycles. The lowest BCUT2D eigenvalue weighted by Crippen LogP contribution is -2.31. The van der Waals surface area contributed by atoms with Gasteiger partial charge < -0.3 is 34.1 Å². The first kappa shape index (κ1) is 26.0. The van der Waals surface area contributed by atoms with Crippen molar-refractivity contribution in [3.63, 3.8) is 0 Å². The van der Waals surface area contributed by atoms with Gasteiger partial charge in [0.2, 0.25) is 11.2 Å². The topological polar surface area (TPSA) is 159 Å². The Morgan fingerprint density at radius 1 is 0.927 bits per heavy atom. The van der Waals surface area contributed by atoms with Crippen molar-refractivity contribution >= 4 is 27.8 Å². The molecule has 4 N–H and O–H groups in total. The third-order valence-electron chi connectivity index (χ3n) is 7.26. The zero-order valence-corrected chi connectivity index (χ0v) is 22.0. The van der Waals surface area contributed by atoms with Gasteiger partial charge in [-0.25, -0.2) is 0 Å². The number of rotatable bonds is 4. The predicted octanol–water partition coefficient (Wildman–Crippen LogP) is 4.69. The first-order chi connectivity index (χ1) is 19.5. The van der Waals surface area contributed by atoms with Crippen molar-refractivity contribution in [3.05, 3.63) is 86.3 Å². The number of ether oxygens (including phenoxy) is 1. The van der Waals surface area contributed by atoms with Gasteiger partial charge >= 0.3 is 5.97 Å². The number of benzene rings is 3. The number of carbonyl (C=O) groups is 1. The Morgan fingerprint density at radius 2 is 1.68 bits per heavy atom. The van der Waals surface area contributed by atoms with E-state index in [9.17, 15) is 34.8 Å². The Morgan fingerprint density at radius 3 is 2.41 bits per heavy atom. The fourth-order valence-electron chi connectivity index (χ4n) is 5.45. The number of aromatic nitrogens is 1. The average Bonchev–Trinajstić information content (AvgIpc) is 2.92. The van der Waals surface area contributed by atoms with Gasteiger partial charge in [0.1, 0.15) is 22.5 Å². The highest BCUT2D eigenvalue weighted by Crippen LogP contribution is 2.47. The minimum Gasteiger partial charge on any atom is -0.507 e. The number of pyridine rings is 1. The molecular weight excluding hydrogens is 530 g/mol. The first-order valence-corrected chi connectivity index (χ1v) is 13.0. The van der Waals surface area contributed by atoms with Crippen LogP contribution in [0.3, 0.4) is 0 Å². The number of fused-ring (bicyclic) bond motifs is 4. The lowest BCUT2D eigenvalue weighted by atomic mass is 9.85. The van der Waals surface area contributed by atoms with Crippen LogP contribution in [-0.2, 0) is 11.3 Å². The molecule has 0 saturated carbocycles. The summed E-state index contributed by atoms with van der Waals surface area (Å²) < 4.78 is 13.1. The second-order valence-electron chi connectivity index (χ2n) is 10.5. The van der Waals surface area contributed by atoms with E-state index in [4.69, 9.17) is 9.15 Å². The molecule has 1 atom stereocenters. The minimum absolute atomic E-state index is 0.0586. The van der Waals surface area contributed by atoms with Crippen LogP contribution in [0.5, 0.6) is 28.7 Å². The van der Waals surface area contributed by atoms with E-state index in [0.717, 1.165) is 29.1 Å². The van der Waals surface area contributed by atoms with Crippen LogP contribution in [0.2, 0.25) is 0 Å². The maximum absolute atomic E-state index is 14.0. The van der Waals surface area contributed by atoms with Crippen molar-refractivity contribution in [2.45, 2.75) is 32.7 Å². The monoisotopic (exact) mass is 555 g/mol. The second-order valence-corrected chi connectivity index (χ2v) is 10.5. The van der Waals surface area contributed by atoms with Crippen molar-refractivity contribution in [1.82, 2.24) is 4.57 Å². The summed E-state index contributed by atoms with van der Waals surface area (Å²) in [5.41, 5.74) is -0.241. The lowest BCUT2D eigenvalue weighted by molar-refractivity contribution is -0.135. The van der Waals surface area contributed by atoms with E-state index in [-0.39, 0.29) is 57.1 Å². The molecule has 1 aliphatic rings. The third kappa shape index (κ3) is 4.15. The number of nitrogens with zero attached hydrogens (tertiary/aromatic N) is 1. The SMILES string of the molecule is CC(C)Cn1c(=O)c([C@H]2CC(=O)Oc3cc(O)c4c(=O)c(O)c(-c5ccc(O)c(O)c5)oc4c32)cc2ccccc21. The highest BCUT2D eigenvalue weighted by atomic mass is 16.5. The standard InChI is InChI=1S/C31H25NO9/c1-14(2)13-32-19-6-4-3-5-15(19)9-18(31(32)39)17-11-24(36)40-23-12-22(35)26-27(37)28(38)29(41-30(26)25(17)23)16-7-8-20(33)21(34)10-16/h3-10,12,14,17,33-35,38H,11,13H2,1-2H3/t17-/m1/s1. The molecule has 5 aromatic rings. The van der Waals surface area contributed by atoms with Crippen molar-refractivity contribution < 1.29 is 34.4 Å². The van der Waals surface area contributed by atoms with Crippen LogP contribution < -0.4 is 15.7 Å². The Balaban J connectivity index is 1.69. The summed E-state index contributed by atoms with van der Waals surface area (Å²) in [4.78, 5) is 40.1. The molecule has 3 heterocycles. The van der Waals surface area contributed by atoms with Gasteiger partial charge in [0, 0.05) is 35.2 Å². The molecule has 0 spiro atoms. The second kappa shape index (κ2) is 9.44. The van der Waals surface area contributed by atoms with Gasteiger partial charge in [0.05, 0.1) is 11.9 Å². The number of esters is 1. The highest BCUT2D eigenvalue weighted by molar-refractivity contribution is 5.94. The van der Waals surface area contributed by atoms with E-state index in [1.54, 1.807) is 10.6 Å². The van der Waals surface area contributed by atoms with Crippen LogP contribution in [0, 0.1) is 5.92 Å². The quantitative estimate of drug-likeness (QED) is 0.140. The summed E-state index contributed by atoms with van der Waals surface area (Å²) >= 11 is 0. The minimum atomic E-state index is -0.972. The third-order valence-corrected chi connectivity index (χ3v) is 7.26. The molecule has 1 aliphatic heterocycles. The molecule has 0 amide bonds. The molecule has 6 rings (SSSR count). The number of phenols is 3. The highest BCUT2D eigenvalue weighted by Gasteiger charge is 2.36. The maximum Gasteiger partial charge on any atom is 0.312 e. The Bertz CT molecular complexity index is 2020. The van der Waals surface area contributed by atoms with E-state index in [1.807, 2.05) is 38.1 Å². The maximum atomic E-state index is 14.0. The summed E-state index contributed by atoms with van der Waals surface area (Å²) in [5.74, 6) is -4.24. The van der Waals surface area contributed by atoms with Crippen molar-refractivity contribution in [3.8, 4) is 40.1 Å². The fraction of sp³-hybridized carbons (Fsp3) is 0.194. The molecular formula is C31H25NO9. The molecule has 41 heavy (non-hydrogen) atoms. The largest absolute Gasteiger partial charge is 0.507 e. The van der Waals surface area contributed by atoms with Gasteiger partial charge in [-0.1, -0.05) is 32.0 Å². The first-order valence-electron chi connectivity index (χ1n) is 13.0. The number of phenolic OH excluding ortho intramolecular Hbond substituents is 3. The van der Waals surface area contributed by atoms with Crippen molar-refractivity contribution in [1.29, 1.82) is 0 Å². The average molecular weight is 556 g/mol. The summed E-state index contributed by atoms with van der Waals surface area (Å²) in [6.45, 7) is 4.40. The fourth-order valence-corrected chi connectivity index (χ4v) is 5.45. The summed E-state index contributed by atoms with van der Waals surface area (Å²) in [7, 11) is 0. The van der Waals surface area contributed by atoms with Gasteiger partial charge in [-0.05, 0) is 41.6 Å². The molecule has 0 radical (unpaired) electrons. The van der Waals surface area contributed by atoms with Gasteiger partial charge in [-0.3, -0.25) is 14.4 Å². The van der Waals surface area contributed by atoms with E-state index in [0.29, 0.717) is 6.54 Å². The van der Waals surface area contributed by atoms with Gasteiger partial charge in [-0.15, -0.1) is 0 Å². The van der Waals surface area contributed by atoms with Gasteiger partial charge in [0.25, 0.3) is 5.56 Å². The summed E-state index contributed by atoms with van der Waals surface area (Å²) in [6.07, 6.45) is -0.248. The number of carbonyl (C=O) groups excluding carboxylic acids is 1. The van der Waals surface area contributed by atoms with E-state index in [2.05, 4.69) is 0 Å². The Kier molecular flexibility index (Phi) is 5.99. The van der Waals surface area contributed by atoms with Gasteiger partial charge in [-0.2, -0.15) is 0 Å². The van der Waals surface area contributed by atoms with Gasteiger partial charge in [0.15, 0.2) is 17.3 Å². The summed E-state index contributed by atoms with van der Waals surface area (Å²) in [6, 6.07) is 13.8. The number of hydrogen-bond acceptors (Lipinski definition) is 9. The predicted molar refractivity (Wildman–Crippen MR) is 150 cm³/mol. The molecule has 10 heteroatoms. The number of aromatic hydroxyl groups is 4. The molecule has 10 nitrogen and oxygen atoms in total. The number of para-hydroxylation sites is 1. The molecule has 0 aliphatic carbocycles. The van der Waals surface area contributed by atoms with E-state index >= 15 is 0 Å². The molecule has 3 aromatic carbocycles. The van der Waals surface area contributed by atoms with E-state index < -0.39 is 40.3 Å². The Hall–Kier alpha value is -5.25. The molecule has 0 fully saturated rings. The normalized spacial score (nSPS) is 14.9. The van der Waals surface area contributed by atoms with Crippen molar-refractivity contribution in [2.75, 3.05) is 0 Å². The lowest BCUT2D eigenvalue weighted by Gasteiger charge is -2.27. The van der Waals surface area contributed by atoms with Crippen LogP contribution in [0.1, 0.15) is 37.3 Å². The molecule has 208 valence electrons. The zero-order valence-electron chi connectivity index (χ0n) is 22.0.